The highest BCUT2D eigenvalue weighted by atomic mass is 127. The summed E-state index contributed by atoms with van der Waals surface area (Å²) in [4.78, 5) is 10.8. The van der Waals surface area contributed by atoms with Gasteiger partial charge in [0.05, 0.1) is 4.92 Å². The topological polar surface area (TPSA) is 55.2 Å². The average molecular weight is 372 g/mol. The van der Waals surface area contributed by atoms with Crippen molar-refractivity contribution in [2.75, 3.05) is 11.9 Å². The summed E-state index contributed by atoms with van der Waals surface area (Å²) in [5, 5.41) is 14.4. The highest BCUT2D eigenvalue weighted by Gasteiger charge is 2.39. The molecule has 2 saturated carbocycles. The minimum absolute atomic E-state index is 0.190. The van der Waals surface area contributed by atoms with E-state index < -0.39 is 0 Å². The second-order valence-electron chi connectivity index (χ2n) is 5.73. The van der Waals surface area contributed by atoms with Gasteiger partial charge < -0.3 is 5.32 Å². The first-order valence-corrected chi connectivity index (χ1v) is 7.89. The van der Waals surface area contributed by atoms with Crippen molar-refractivity contribution in [1.29, 1.82) is 0 Å². The molecule has 1 aromatic carbocycles. The van der Waals surface area contributed by atoms with Gasteiger partial charge >= 0.3 is 0 Å². The van der Waals surface area contributed by atoms with E-state index in [1.165, 1.54) is 25.7 Å². The molecule has 3 atom stereocenters. The van der Waals surface area contributed by atoms with Crippen molar-refractivity contribution in [3.8, 4) is 0 Å². The zero-order valence-electron chi connectivity index (χ0n) is 10.6. The van der Waals surface area contributed by atoms with Crippen LogP contribution in [0.25, 0.3) is 0 Å². The van der Waals surface area contributed by atoms with Crippen LogP contribution < -0.4 is 5.32 Å². The maximum absolute atomic E-state index is 11.1. The van der Waals surface area contributed by atoms with Crippen molar-refractivity contribution < 1.29 is 4.92 Å². The number of nitrogens with one attached hydrogen (secondary N) is 1. The third kappa shape index (κ3) is 2.70. The van der Waals surface area contributed by atoms with Crippen molar-refractivity contribution in [2.45, 2.75) is 25.7 Å². The number of nitro benzene ring substituents is 1. The molecular formula is C14H17IN2O2. The van der Waals surface area contributed by atoms with Crippen molar-refractivity contribution >= 4 is 34.0 Å². The molecule has 1 aromatic rings. The van der Waals surface area contributed by atoms with Crippen LogP contribution in [0.4, 0.5) is 11.4 Å². The van der Waals surface area contributed by atoms with Gasteiger partial charge in [0.15, 0.2) is 0 Å². The summed E-state index contributed by atoms with van der Waals surface area (Å²) in [6, 6.07) is 5.37. The molecule has 1 N–H and O–H groups in total. The Hall–Kier alpha value is -0.850. The van der Waals surface area contributed by atoms with Crippen LogP contribution in [0.2, 0.25) is 0 Å². The van der Waals surface area contributed by atoms with Gasteiger partial charge in [-0.25, -0.2) is 0 Å². The van der Waals surface area contributed by atoms with Gasteiger partial charge in [-0.2, -0.15) is 0 Å². The molecule has 0 radical (unpaired) electrons. The van der Waals surface area contributed by atoms with Crippen LogP contribution in [0.5, 0.6) is 0 Å². The van der Waals surface area contributed by atoms with Crippen LogP contribution in [-0.4, -0.2) is 11.5 Å². The van der Waals surface area contributed by atoms with Gasteiger partial charge in [-0.3, -0.25) is 10.1 Å². The van der Waals surface area contributed by atoms with E-state index >= 15 is 0 Å². The van der Waals surface area contributed by atoms with Gasteiger partial charge in [0.2, 0.25) is 0 Å². The highest BCUT2D eigenvalue weighted by Crippen LogP contribution is 2.48. The van der Waals surface area contributed by atoms with Crippen molar-refractivity contribution in [3.63, 3.8) is 0 Å². The van der Waals surface area contributed by atoms with E-state index in [2.05, 4.69) is 27.9 Å². The second kappa shape index (κ2) is 5.26. The van der Waals surface area contributed by atoms with E-state index in [-0.39, 0.29) is 10.6 Å². The first-order valence-electron chi connectivity index (χ1n) is 6.81. The number of nitro groups is 1. The summed E-state index contributed by atoms with van der Waals surface area (Å²) in [5.74, 6) is 2.47. The van der Waals surface area contributed by atoms with Gasteiger partial charge in [0.25, 0.3) is 5.69 Å². The van der Waals surface area contributed by atoms with Crippen LogP contribution >= 0.6 is 22.6 Å². The van der Waals surface area contributed by atoms with E-state index in [0.29, 0.717) is 11.6 Å². The van der Waals surface area contributed by atoms with E-state index in [0.717, 1.165) is 22.0 Å². The molecule has 2 aliphatic carbocycles. The molecule has 2 bridgehead atoms. The molecule has 3 rings (SSSR count). The van der Waals surface area contributed by atoms with E-state index in [1.807, 2.05) is 12.1 Å². The zero-order chi connectivity index (χ0) is 13.4. The lowest BCUT2D eigenvalue weighted by Gasteiger charge is -2.22. The van der Waals surface area contributed by atoms with E-state index in [9.17, 15) is 10.1 Å². The number of benzene rings is 1. The van der Waals surface area contributed by atoms with Crippen LogP contribution in [0.3, 0.4) is 0 Å². The maximum Gasteiger partial charge on any atom is 0.293 e. The van der Waals surface area contributed by atoms with Crippen molar-refractivity contribution in [2.24, 2.45) is 17.8 Å². The van der Waals surface area contributed by atoms with Crippen LogP contribution in [0, 0.1) is 31.4 Å². The monoisotopic (exact) mass is 372 g/mol. The number of fused-ring (bicyclic) bond motifs is 2. The molecule has 102 valence electrons. The second-order valence-corrected chi connectivity index (χ2v) is 6.98. The van der Waals surface area contributed by atoms with E-state index in [4.69, 9.17) is 0 Å². The fourth-order valence-electron chi connectivity index (χ4n) is 3.67. The lowest BCUT2D eigenvalue weighted by molar-refractivity contribution is -0.384. The summed E-state index contributed by atoms with van der Waals surface area (Å²) in [6.07, 6.45) is 5.42. The predicted molar refractivity (Wildman–Crippen MR) is 83.2 cm³/mol. The first kappa shape index (κ1) is 13.1. The average Bonchev–Trinajstić information content (AvgIpc) is 2.99. The molecule has 2 fully saturated rings. The van der Waals surface area contributed by atoms with Crippen LogP contribution in [0.15, 0.2) is 18.2 Å². The summed E-state index contributed by atoms with van der Waals surface area (Å²) >= 11 is 2.10. The number of anilines is 1. The van der Waals surface area contributed by atoms with Crippen molar-refractivity contribution in [1.82, 2.24) is 0 Å². The fraction of sp³-hybridized carbons (Fsp3) is 0.571. The molecule has 0 amide bonds. The standard InChI is InChI=1S/C14H17IN2O2/c15-12-3-4-13(14(7-12)17(18)19)16-8-11-6-9-1-2-10(11)5-9/h3-4,7,9-11,16H,1-2,5-6,8H2. The molecule has 0 aliphatic heterocycles. The number of halogens is 1. The molecule has 0 aromatic heterocycles. The Morgan fingerprint density at radius 3 is 2.84 bits per heavy atom. The largest absolute Gasteiger partial charge is 0.379 e. The number of nitrogens with zero attached hydrogens (tertiary/aromatic N) is 1. The minimum atomic E-state index is -0.300. The third-order valence-corrected chi connectivity index (χ3v) is 5.27. The van der Waals surface area contributed by atoms with Gasteiger partial charge in [-0.15, -0.1) is 0 Å². The Bertz CT molecular complexity index is 506. The van der Waals surface area contributed by atoms with E-state index in [1.54, 1.807) is 6.07 Å². The Kier molecular flexibility index (Phi) is 3.64. The fourth-order valence-corrected chi connectivity index (χ4v) is 4.15. The predicted octanol–water partition coefficient (Wildman–Crippen LogP) is 4.05. The Balaban J connectivity index is 1.68. The number of rotatable bonds is 4. The summed E-state index contributed by atoms with van der Waals surface area (Å²) in [7, 11) is 0. The molecular weight excluding hydrogens is 355 g/mol. The summed E-state index contributed by atoms with van der Waals surface area (Å²) in [6.45, 7) is 0.878. The number of hydrogen-bond acceptors (Lipinski definition) is 3. The molecule has 4 nitrogen and oxygen atoms in total. The minimum Gasteiger partial charge on any atom is -0.379 e. The molecule has 0 spiro atoms. The Morgan fingerprint density at radius 1 is 1.37 bits per heavy atom. The molecule has 5 heteroatoms. The van der Waals surface area contributed by atoms with Gasteiger partial charge in [-0.1, -0.05) is 6.42 Å². The van der Waals surface area contributed by atoms with Crippen LogP contribution in [0.1, 0.15) is 25.7 Å². The quantitative estimate of drug-likeness (QED) is 0.493. The molecule has 19 heavy (non-hydrogen) atoms. The molecule has 0 saturated heterocycles. The zero-order valence-corrected chi connectivity index (χ0v) is 12.8. The normalized spacial score (nSPS) is 28.6. The number of hydrogen-bond donors (Lipinski definition) is 1. The Labute approximate surface area is 126 Å². The highest BCUT2D eigenvalue weighted by molar-refractivity contribution is 14.1. The van der Waals surface area contributed by atoms with Gasteiger partial charge in [0.1, 0.15) is 5.69 Å². The van der Waals surface area contributed by atoms with Gasteiger partial charge in [-0.05, 0) is 71.7 Å². The molecule has 2 aliphatic rings. The smallest absolute Gasteiger partial charge is 0.293 e. The van der Waals surface area contributed by atoms with Crippen LogP contribution in [-0.2, 0) is 0 Å². The molecule has 3 unspecified atom stereocenters. The lowest BCUT2D eigenvalue weighted by atomic mass is 9.89. The SMILES string of the molecule is O=[N+]([O-])c1cc(I)ccc1NCC1CC2CCC1C2. The van der Waals surface area contributed by atoms with Crippen molar-refractivity contribution in [3.05, 3.63) is 31.9 Å². The molecule has 0 heterocycles. The lowest BCUT2D eigenvalue weighted by Crippen LogP contribution is -2.20. The Morgan fingerprint density at radius 2 is 2.21 bits per heavy atom. The summed E-state index contributed by atoms with van der Waals surface area (Å²) in [5.41, 5.74) is 0.850. The maximum atomic E-state index is 11.1. The first-order chi connectivity index (χ1) is 9.13. The summed E-state index contributed by atoms with van der Waals surface area (Å²) < 4.78 is 0.898. The third-order valence-electron chi connectivity index (χ3n) is 4.60. The van der Waals surface area contributed by atoms with Gasteiger partial charge in [0, 0.05) is 16.2 Å².